The van der Waals surface area contributed by atoms with E-state index in [2.05, 4.69) is 4.98 Å². The molecule has 1 saturated heterocycles. The summed E-state index contributed by atoms with van der Waals surface area (Å²) in [4.78, 5) is 31.8. The number of ketones is 1. The minimum absolute atomic E-state index is 0.102. The molecule has 3 aromatic rings. The average Bonchev–Trinajstić information content (AvgIpc) is 3.01. The molecule has 0 saturated carbocycles. The molecule has 1 aliphatic heterocycles. The number of aliphatic hydroxyl groups is 1. The highest BCUT2D eigenvalue weighted by atomic mass is 16.3. The molecule has 1 aromatic heterocycles. The Morgan fingerprint density at radius 2 is 1.70 bits per heavy atom. The van der Waals surface area contributed by atoms with Gasteiger partial charge in [0, 0.05) is 11.8 Å². The lowest BCUT2D eigenvalue weighted by Crippen LogP contribution is -2.29. The van der Waals surface area contributed by atoms with Crippen LogP contribution < -0.4 is 0 Å². The van der Waals surface area contributed by atoms with E-state index in [0.29, 0.717) is 11.3 Å². The van der Waals surface area contributed by atoms with Crippen molar-refractivity contribution in [3.8, 4) is 0 Å². The van der Waals surface area contributed by atoms with E-state index in [0.717, 1.165) is 16.7 Å². The molecule has 5 nitrogen and oxygen atoms in total. The summed E-state index contributed by atoms with van der Waals surface area (Å²) in [6.45, 7) is 4.10. The Balaban J connectivity index is 1.86. The summed E-state index contributed by atoms with van der Waals surface area (Å²) in [5, 5.41) is 11.1. The zero-order valence-electron chi connectivity index (χ0n) is 16.9. The van der Waals surface area contributed by atoms with Crippen molar-refractivity contribution < 1.29 is 14.7 Å². The van der Waals surface area contributed by atoms with Crippen LogP contribution in [0.25, 0.3) is 5.76 Å². The van der Waals surface area contributed by atoms with Crippen molar-refractivity contribution in [2.75, 3.05) is 0 Å². The summed E-state index contributed by atoms with van der Waals surface area (Å²) in [6.07, 6.45) is 1.65. The third-order valence-corrected chi connectivity index (χ3v) is 5.49. The second-order valence-corrected chi connectivity index (χ2v) is 7.46. The van der Waals surface area contributed by atoms with Crippen LogP contribution >= 0.6 is 0 Å². The normalized spacial score (nSPS) is 18.1. The van der Waals surface area contributed by atoms with Gasteiger partial charge in [0.15, 0.2) is 0 Å². The van der Waals surface area contributed by atoms with Crippen LogP contribution in [0.1, 0.15) is 34.0 Å². The third kappa shape index (κ3) is 3.50. The molecule has 30 heavy (non-hydrogen) atoms. The number of aryl methyl sites for hydroxylation is 2. The Labute approximate surface area is 175 Å². The van der Waals surface area contributed by atoms with Crippen molar-refractivity contribution in [1.82, 2.24) is 9.88 Å². The van der Waals surface area contributed by atoms with Gasteiger partial charge in [-0.15, -0.1) is 0 Å². The van der Waals surface area contributed by atoms with Crippen LogP contribution in [0, 0.1) is 13.8 Å². The molecule has 1 amide bonds. The summed E-state index contributed by atoms with van der Waals surface area (Å²) < 4.78 is 0. The standard InChI is InChI=1S/C25H22N2O3/c1-16-11-12-19(14-17(16)2)23(28)21-22(18-8-4-3-5-9-18)27(25(30)24(21)29)15-20-10-6-7-13-26-20/h3-14,22,28H,15H2,1-2H3/b23-21-. The zero-order chi connectivity index (χ0) is 21.3. The molecule has 0 spiro atoms. The molecule has 0 radical (unpaired) electrons. The van der Waals surface area contributed by atoms with Crippen molar-refractivity contribution in [1.29, 1.82) is 0 Å². The molecule has 1 N–H and O–H groups in total. The maximum Gasteiger partial charge on any atom is 0.296 e. The summed E-state index contributed by atoms with van der Waals surface area (Å²) >= 11 is 0. The monoisotopic (exact) mass is 398 g/mol. The van der Waals surface area contributed by atoms with Crippen LogP contribution in [0.5, 0.6) is 0 Å². The molecule has 4 rings (SSSR count). The molecular weight excluding hydrogens is 376 g/mol. The van der Waals surface area contributed by atoms with Crippen LogP contribution in [-0.4, -0.2) is 26.7 Å². The van der Waals surface area contributed by atoms with Gasteiger partial charge in [-0.1, -0.05) is 48.5 Å². The van der Waals surface area contributed by atoms with E-state index in [1.54, 1.807) is 18.3 Å². The fraction of sp³-hybridized carbons (Fsp3) is 0.160. The Morgan fingerprint density at radius 3 is 2.37 bits per heavy atom. The van der Waals surface area contributed by atoms with Gasteiger partial charge in [0.1, 0.15) is 5.76 Å². The smallest absolute Gasteiger partial charge is 0.296 e. The first-order chi connectivity index (χ1) is 14.5. The number of carbonyl (C=O) groups excluding carboxylic acids is 2. The number of hydrogen-bond acceptors (Lipinski definition) is 4. The molecule has 5 heteroatoms. The SMILES string of the molecule is Cc1ccc(/C(O)=C2/C(=O)C(=O)N(Cc3ccccn3)C2c2ccccc2)cc1C. The third-order valence-electron chi connectivity index (χ3n) is 5.49. The number of carbonyl (C=O) groups is 2. The van der Waals surface area contributed by atoms with Gasteiger partial charge in [0.2, 0.25) is 0 Å². The van der Waals surface area contributed by atoms with E-state index in [1.165, 1.54) is 4.90 Å². The van der Waals surface area contributed by atoms with Gasteiger partial charge < -0.3 is 10.0 Å². The molecule has 0 aliphatic carbocycles. The van der Waals surface area contributed by atoms with Gasteiger partial charge >= 0.3 is 0 Å². The lowest BCUT2D eigenvalue weighted by Gasteiger charge is -2.25. The van der Waals surface area contributed by atoms with Crippen molar-refractivity contribution in [3.63, 3.8) is 0 Å². The maximum atomic E-state index is 13.0. The fourth-order valence-corrected chi connectivity index (χ4v) is 3.74. The molecule has 0 bridgehead atoms. The first kappa shape index (κ1) is 19.6. The number of aliphatic hydroxyl groups excluding tert-OH is 1. The zero-order valence-corrected chi connectivity index (χ0v) is 16.9. The molecule has 2 heterocycles. The number of pyridine rings is 1. The predicted molar refractivity (Wildman–Crippen MR) is 114 cm³/mol. The Bertz CT molecular complexity index is 1140. The van der Waals surface area contributed by atoms with Gasteiger partial charge in [-0.3, -0.25) is 14.6 Å². The largest absolute Gasteiger partial charge is 0.507 e. The summed E-state index contributed by atoms with van der Waals surface area (Å²) in [6, 6.07) is 19.6. The number of rotatable bonds is 4. The number of aromatic nitrogens is 1. The first-order valence-corrected chi connectivity index (χ1v) is 9.78. The first-order valence-electron chi connectivity index (χ1n) is 9.78. The maximum absolute atomic E-state index is 13.0. The highest BCUT2D eigenvalue weighted by Gasteiger charge is 2.46. The molecule has 2 aromatic carbocycles. The topological polar surface area (TPSA) is 70.5 Å². The molecular formula is C25H22N2O3. The van der Waals surface area contributed by atoms with E-state index in [9.17, 15) is 14.7 Å². The molecule has 150 valence electrons. The Kier molecular flexibility index (Phi) is 5.19. The minimum Gasteiger partial charge on any atom is -0.507 e. The minimum atomic E-state index is -0.685. The lowest BCUT2D eigenvalue weighted by atomic mass is 9.94. The van der Waals surface area contributed by atoms with Crippen LogP contribution in [-0.2, 0) is 16.1 Å². The molecule has 1 unspecified atom stereocenters. The van der Waals surface area contributed by atoms with Gasteiger partial charge in [0.05, 0.1) is 23.9 Å². The summed E-state index contributed by atoms with van der Waals surface area (Å²) in [7, 11) is 0. The van der Waals surface area contributed by atoms with Gasteiger partial charge in [-0.25, -0.2) is 0 Å². The van der Waals surface area contributed by atoms with Crippen molar-refractivity contribution in [2.24, 2.45) is 0 Å². The van der Waals surface area contributed by atoms with Crippen LogP contribution in [0.3, 0.4) is 0 Å². The van der Waals surface area contributed by atoms with Gasteiger partial charge in [-0.2, -0.15) is 0 Å². The number of amides is 1. The molecule has 1 fully saturated rings. The van der Waals surface area contributed by atoms with Crippen LogP contribution in [0.15, 0.2) is 78.5 Å². The summed E-state index contributed by atoms with van der Waals surface area (Å²) in [5.74, 6) is -1.48. The van der Waals surface area contributed by atoms with Crippen molar-refractivity contribution in [3.05, 3.63) is 106 Å². The second kappa shape index (κ2) is 7.95. The average molecular weight is 398 g/mol. The summed E-state index contributed by atoms with van der Waals surface area (Å²) in [5.41, 5.74) is 4.14. The van der Waals surface area contributed by atoms with Crippen molar-refractivity contribution >= 4 is 17.4 Å². The number of nitrogens with zero attached hydrogens (tertiary/aromatic N) is 2. The highest BCUT2D eigenvalue weighted by Crippen LogP contribution is 2.40. The number of Topliss-reactive ketones (excluding diaryl/α,β-unsaturated/α-hetero) is 1. The number of benzene rings is 2. The fourth-order valence-electron chi connectivity index (χ4n) is 3.74. The van der Waals surface area contributed by atoms with Gasteiger partial charge in [-0.05, 0) is 48.7 Å². The Hall–Kier alpha value is -3.73. The van der Waals surface area contributed by atoms with Crippen LogP contribution in [0.2, 0.25) is 0 Å². The van der Waals surface area contributed by atoms with E-state index in [1.807, 2.05) is 68.4 Å². The molecule has 1 atom stereocenters. The number of likely N-dealkylation sites (tertiary alicyclic amines) is 1. The second-order valence-electron chi connectivity index (χ2n) is 7.46. The van der Waals surface area contributed by atoms with E-state index >= 15 is 0 Å². The van der Waals surface area contributed by atoms with E-state index < -0.39 is 17.7 Å². The highest BCUT2D eigenvalue weighted by molar-refractivity contribution is 6.46. The molecule has 1 aliphatic rings. The lowest BCUT2D eigenvalue weighted by molar-refractivity contribution is -0.140. The van der Waals surface area contributed by atoms with Crippen LogP contribution in [0.4, 0.5) is 0 Å². The van der Waals surface area contributed by atoms with E-state index in [-0.39, 0.29) is 17.9 Å². The predicted octanol–water partition coefficient (Wildman–Crippen LogP) is 4.32. The number of hydrogen-bond donors (Lipinski definition) is 1. The Morgan fingerprint density at radius 1 is 0.967 bits per heavy atom. The quantitative estimate of drug-likeness (QED) is 0.404. The van der Waals surface area contributed by atoms with E-state index in [4.69, 9.17) is 0 Å². The van der Waals surface area contributed by atoms with Gasteiger partial charge in [0.25, 0.3) is 11.7 Å². The van der Waals surface area contributed by atoms with Crippen molar-refractivity contribution in [2.45, 2.75) is 26.4 Å².